The number of anilines is 1. The molecule has 21 heavy (non-hydrogen) atoms. The lowest BCUT2D eigenvalue weighted by molar-refractivity contribution is -0.137. The van der Waals surface area contributed by atoms with Crippen molar-refractivity contribution in [3.63, 3.8) is 0 Å². The Kier molecular flexibility index (Phi) is 8.01. The van der Waals surface area contributed by atoms with Gasteiger partial charge >= 0.3 is 6.18 Å². The highest BCUT2D eigenvalue weighted by Gasteiger charge is 2.30. The van der Waals surface area contributed by atoms with Crippen LogP contribution in [-0.2, 0) is 6.18 Å². The van der Waals surface area contributed by atoms with Crippen LogP contribution in [0.4, 0.5) is 18.9 Å². The first-order chi connectivity index (χ1) is 9.95. The highest BCUT2D eigenvalue weighted by atomic mass is 32.2. The lowest BCUT2D eigenvalue weighted by Gasteiger charge is -2.10. The summed E-state index contributed by atoms with van der Waals surface area (Å²) in [6.45, 7) is 2.20. The van der Waals surface area contributed by atoms with Crippen LogP contribution in [0.25, 0.3) is 0 Å². The number of halogens is 3. The molecular formula is C16H24F3NS. The van der Waals surface area contributed by atoms with Gasteiger partial charge in [-0.2, -0.15) is 13.2 Å². The van der Waals surface area contributed by atoms with Gasteiger partial charge in [0.1, 0.15) is 0 Å². The Morgan fingerprint density at radius 2 is 1.62 bits per heavy atom. The van der Waals surface area contributed by atoms with Crippen LogP contribution >= 0.6 is 11.8 Å². The van der Waals surface area contributed by atoms with Crippen LogP contribution in [0.3, 0.4) is 0 Å². The van der Waals surface area contributed by atoms with Gasteiger partial charge in [0.2, 0.25) is 0 Å². The van der Waals surface area contributed by atoms with Gasteiger partial charge in [-0.15, -0.1) is 11.8 Å². The molecule has 0 heterocycles. The van der Waals surface area contributed by atoms with Gasteiger partial charge in [-0.1, -0.05) is 45.4 Å². The Bertz CT molecular complexity index is 418. The minimum Gasteiger partial charge on any atom is -0.398 e. The minimum atomic E-state index is -4.32. The molecule has 0 spiro atoms. The molecule has 0 aliphatic carbocycles. The van der Waals surface area contributed by atoms with Gasteiger partial charge in [-0.25, -0.2) is 0 Å². The second-order valence-electron chi connectivity index (χ2n) is 5.22. The van der Waals surface area contributed by atoms with E-state index in [0.717, 1.165) is 29.2 Å². The lowest BCUT2D eigenvalue weighted by Crippen LogP contribution is -2.05. The second-order valence-corrected chi connectivity index (χ2v) is 6.36. The number of alkyl halides is 3. The number of rotatable bonds is 9. The molecule has 1 aromatic carbocycles. The second kappa shape index (κ2) is 9.23. The van der Waals surface area contributed by atoms with E-state index in [1.165, 1.54) is 44.6 Å². The number of benzene rings is 1. The third-order valence-electron chi connectivity index (χ3n) is 3.34. The van der Waals surface area contributed by atoms with Crippen molar-refractivity contribution in [1.29, 1.82) is 0 Å². The third kappa shape index (κ3) is 7.11. The number of hydrogen-bond donors (Lipinski definition) is 1. The molecule has 0 saturated heterocycles. The largest absolute Gasteiger partial charge is 0.416 e. The van der Waals surface area contributed by atoms with Crippen molar-refractivity contribution >= 4 is 17.4 Å². The van der Waals surface area contributed by atoms with Crippen LogP contribution in [0, 0.1) is 0 Å². The zero-order valence-corrected chi connectivity index (χ0v) is 13.3. The van der Waals surface area contributed by atoms with Crippen molar-refractivity contribution in [3.05, 3.63) is 23.8 Å². The summed E-state index contributed by atoms with van der Waals surface area (Å²) in [5.74, 6) is 0.906. The molecular weight excluding hydrogens is 295 g/mol. The Balaban J connectivity index is 2.27. The maximum absolute atomic E-state index is 12.5. The van der Waals surface area contributed by atoms with Crippen molar-refractivity contribution in [1.82, 2.24) is 0 Å². The smallest absolute Gasteiger partial charge is 0.398 e. The number of nitrogens with two attached hydrogens (primary N) is 1. The average Bonchev–Trinajstić information content (AvgIpc) is 2.42. The van der Waals surface area contributed by atoms with E-state index in [9.17, 15) is 13.2 Å². The number of unbranched alkanes of at least 4 members (excludes halogenated alkanes) is 6. The van der Waals surface area contributed by atoms with E-state index in [1.807, 2.05) is 0 Å². The molecule has 120 valence electrons. The molecule has 0 radical (unpaired) electrons. The summed E-state index contributed by atoms with van der Waals surface area (Å²) in [7, 11) is 0. The fraction of sp³-hybridized carbons (Fsp3) is 0.625. The molecule has 2 N–H and O–H groups in total. The van der Waals surface area contributed by atoms with Crippen molar-refractivity contribution in [2.24, 2.45) is 0 Å². The summed E-state index contributed by atoms with van der Waals surface area (Å²) in [6.07, 6.45) is 4.31. The Hall–Kier alpha value is -0.840. The van der Waals surface area contributed by atoms with Crippen molar-refractivity contribution in [2.45, 2.75) is 62.9 Å². The normalized spacial score (nSPS) is 11.8. The summed E-state index contributed by atoms with van der Waals surface area (Å²) < 4.78 is 37.6. The van der Waals surface area contributed by atoms with Crippen LogP contribution in [0.15, 0.2) is 23.1 Å². The molecule has 0 bridgehead atoms. The average molecular weight is 319 g/mol. The summed E-state index contributed by atoms with van der Waals surface area (Å²) >= 11 is 1.54. The molecule has 0 atom stereocenters. The van der Waals surface area contributed by atoms with E-state index in [4.69, 9.17) is 5.73 Å². The molecule has 0 fully saturated rings. The molecule has 0 saturated carbocycles. The van der Waals surface area contributed by atoms with E-state index >= 15 is 0 Å². The van der Waals surface area contributed by atoms with Crippen molar-refractivity contribution in [3.8, 4) is 0 Å². The molecule has 1 rings (SSSR count). The predicted molar refractivity (Wildman–Crippen MR) is 84.6 cm³/mol. The quantitative estimate of drug-likeness (QED) is 0.336. The fourth-order valence-electron chi connectivity index (χ4n) is 2.10. The van der Waals surface area contributed by atoms with Crippen LogP contribution in [-0.4, -0.2) is 5.75 Å². The van der Waals surface area contributed by atoms with Gasteiger partial charge in [-0.05, 0) is 30.4 Å². The molecule has 0 aliphatic rings. The lowest BCUT2D eigenvalue weighted by atomic mass is 10.1. The number of thioether (sulfide) groups is 1. The first-order valence-electron chi connectivity index (χ1n) is 7.54. The number of hydrogen-bond acceptors (Lipinski definition) is 2. The van der Waals surface area contributed by atoms with E-state index in [-0.39, 0.29) is 5.69 Å². The summed E-state index contributed by atoms with van der Waals surface area (Å²) in [4.78, 5) is 0.744. The van der Waals surface area contributed by atoms with Crippen LogP contribution in [0.5, 0.6) is 0 Å². The van der Waals surface area contributed by atoms with E-state index in [1.54, 1.807) is 11.8 Å². The zero-order chi connectivity index (χ0) is 15.7. The Labute approximate surface area is 129 Å². The van der Waals surface area contributed by atoms with Crippen LogP contribution < -0.4 is 5.73 Å². The van der Waals surface area contributed by atoms with Crippen molar-refractivity contribution in [2.75, 3.05) is 11.5 Å². The van der Waals surface area contributed by atoms with Crippen LogP contribution in [0.2, 0.25) is 0 Å². The first kappa shape index (κ1) is 18.2. The molecule has 0 aliphatic heterocycles. The Morgan fingerprint density at radius 1 is 1.00 bits per heavy atom. The van der Waals surface area contributed by atoms with Gasteiger partial charge in [0.15, 0.2) is 0 Å². The third-order valence-corrected chi connectivity index (χ3v) is 4.52. The maximum Gasteiger partial charge on any atom is 0.416 e. The predicted octanol–water partition coefficient (Wildman–Crippen LogP) is 6.13. The first-order valence-corrected chi connectivity index (χ1v) is 8.53. The van der Waals surface area contributed by atoms with Gasteiger partial charge in [-0.3, -0.25) is 0 Å². The molecule has 1 nitrogen and oxygen atoms in total. The van der Waals surface area contributed by atoms with Gasteiger partial charge in [0.25, 0.3) is 0 Å². The summed E-state index contributed by atoms with van der Waals surface area (Å²) in [5, 5.41) is 0. The fourth-order valence-corrected chi connectivity index (χ4v) is 3.06. The molecule has 0 amide bonds. The highest BCUT2D eigenvalue weighted by Crippen LogP contribution is 2.34. The topological polar surface area (TPSA) is 26.0 Å². The van der Waals surface area contributed by atoms with E-state index in [0.29, 0.717) is 0 Å². The van der Waals surface area contributed by atoms with Gasteiger partial charge < -0.3 is 5.73 Å². The summed E-state index contributed by atoms with van der Waals surface area (Å²) in [5.41, 5.74) is 5.23. The molecule has 1 aromatic rings. The van der Waals surface area contributed by atoms with E-state index in [2.05, 4.69) is 6.92 Å². The van der Waals surface area contributed by atoms with Gasteiger partial charge in [0.05, 0.1) is 5.56 Å². The summed E-state index contributed by atoms with van der Waals surface area (Å²) in [6, 6.07) is 3.60. The molecule has 0 aromatic heterocycles. The standard InChI is InChI=1S/C16H24F3NS/c1-2-3-4-5-6-7-8-11-21-15-10-9-13(12-14(15)20)16(17,18)19/h9-10,12H,2-8,11,20H2,1H3. The number of nitrogen functional groups attached to an aromatic ring is 1. The molecule has 0 unspecified atom stereocenters. The van der Waals surface area contributed by atoms with Crippen molar-refractivity contribution < 1.29 is 13.2 Å². The molecule has 5 heteroatoms. The SMILES string of the molecule is CCCCCCCCCSc1ccc(C(F)(F)F)cc1N. The minimum absolute atomic E-state index is 0.220. The monoisotopic (exact) mass is 319 g/mol. The Morgan fingerprint density at radius 3 is 2.19 bits per heavy atom. The maximum atomic E-state index is 12.5. The zero-order valence-electron chi connectivity index (χ0n) is 12.5. The van der Waals surface area contributed by atoms with Crippen LogP contribution in [0.1, 0.15) is 57.4 Å². The van der Waals surface area contributed by atoms with Gasteiger partial charge in [0, 0.05) is 10.6 Å². The van der Waals surface area contributed by atoms with E-state index < -0.39 is 11.7 Å². The highest BCUT2D eigenvalue weighted by molar-refractivity contribution is 7.99.